The van der Waals surface area contributed by atoms with Crippen molar-refractivity contribution >= 4 is 27.5 Å². The number of ether oxygens (including phenoxy) is 2. The molecule has 3 rings (SSSR count). The molecule has 0 aliphatic heterocycles. The van der Waals surface area contributed by atoms with Crippen LogP contribution in [0.25, 0.3) is 0 Å². The summed E-state index contributed by atoms with van der Waals surface area (Å²) in [5.74, 6) is 0.867. The topological polar surface area (TPSA) is 72.5 Å². The molecule has 0 bridgehead atoms. The number of methoxy groups -OCH3 is 1. The molecule has 7 heteroatoms. The minimum atomic E-state index is -0.239. The number of pyridine rings is 1. The van der Waals surface area contributed by atoms with Crippen molar-refractivity contribution in [2.24, 2.45) is 0 Å². The first kappa shape index (κ1) is 21.8. The molecule has 3 aromatic rings. The highest BCUT2D eigenvalue weighted by molar-refractivity contribution is 9.10. The van der Waals surface area contributed by atoms with E-state index in [-0.39, 0.29) is 12.5 Å². The molecule has 0 fully saturated rings. The van der Waals surface area contributed by atoms with Crippen LogP contribution in [0, 0.1) is 6.92 Å². The van der Waals surface area contributed by atoms with Gasteiger partial charge in [-0.25, -0.2) is 0 Å². The highest BCUT2D eigenvalue weighted by Crippen LogP contribution is 2.36. The summed E-state index contributed by atoms with van der Waals surface area (Å²) in [6, 6.07) is 15.2. The number of hydrogen-bond donors (Lipinski definition) is 2. The van der Waals surface area contributed by atoms with Crippen molar-refractivity contribution in [2.75, 3.05) is 19.0 Å². The molecule has 0 atom stereocenters. The lowest BCUT2D eigenvalue weighted by molar-refractivity contribution is -0.118. The van der Waals surface area contributed by atoms with Crippen LogP contribution < -0.4 is 20.1 Å². The van der Waals surface area contributed by atoms with Crippen LogP contribution in [0.2, 0.25) is 0 Å². The summed E-state index contributed by atoms with van der Waals surface area (Å²) in [7, 11) is 1.58. The van der Waals surface area contributed by atoms with E-state index in [1.807, 2.05) is 55.5 Å². The van der Waals surface area contributed by atoms with E-state index >= 15 is 0 Å². The zero-order valence-corrected chi connectivity index (χ0v) is 18.5. The molecule has 0 saturated heterocycles. The molecule has 0 unspecified atom stereocenters. The number of carbonyl (C=O) groups is 1. The standard InChI is InChI=1S/C23H24BrN3O3/c1-16-3-5-18(6-4-16)27-22(28)15-30-23-19(20(24)7-8-21(23)29-2)14-26-13-17-9-11-25-12-10-17/h3-12,26H,13-15H2,1-2H3,(H,27,28). The van der Waals surface area contributed by atoms with Crippen LogP contribution in [0.15, 0.2) is 65.4 Å². The molecule has 0 spiro atoms. The van der Waals surface area contributed by atoms with E-state index in [9.17, 15) is 4.79 Å². The number of aromatic nitrogens is 1. The molecule has 156 valence electrons. The van der Waals surface area contributed by atoms with Crippen LogP contribution in [-0.2, 0) is 17.9 Å². The molecule has 2 aromatic carbocycles. The predicted molar refractivity (Wildman–Crippen MR) is 121 cm³/mol. The highest BCUT2D eigenvalue weighted by atomic mass is 79.9. The van der Waals surface area contributed by atoms with Gasteiger partial charge in [-0.3, -0.25) is 9.78 Å². The second-order valence-corrected chi connectivity index (χ2v) is 7.57. The molecule has 1 aromatic heterocycles. The van der Waals surface area contributed by atoms with Crippen molar-refractivity contribution < 1.29 is 14.3 Å². The number of halogens is 1. The Morgan fingerprint density at radius 3 is 2.47 bits per heavy atom. The lowest BCUT2D eigenvalue weighted by atomic mass is 10.1. The minimum absolute atomic E-state index is 0.127. The fourth-order valence-corrected chi connectivity index (χ4v) is 3.32. The minimum Gasteiger partial charge on any atom is -0.493 e. The Bertz CT molecular complexity index is 979. The molecule has 0 radical (unpaired) electrons. The predicted octanol–water partition coefficient (Wildman–Crippen LogP) is 4.47. The Balaban J connectivity index is 1.66. The van der Waals surface area contributed by atoms with E-state index in [0.29, 0.717) is 24.6 Å². The van der Waals surface area contributed by atoms with Gasteiger partial charge in [-0.05, 0) is 48.9 Å². The van der Waals surface area contributed by atoms with Crippen molar-refractivity contribution in [1.29, 1.82) is 0 Å². The van der Waals surface area contributed by atoms with E-state index in [0.717, 1.165) is 26.9 Å². The van der Waals surface area contributed by atoms with E-state index in [1.165, 1.54) is 0 Å². The van der Waals surface area contributed by atoms with Crippen molar-refractivity contribution in [3.63, 3.8) is 0 Å². The molecule has 30 heavy (non-hydrogen) atoms. The number of rotatable bonds is 9. The molecule has 1 amide bonds. The summed E-state index contributed by atoms with van der Waals surface area (Å²) in [6.45, 7) is 3.09. The SMILES string of the molecule is COc1ccc(Br)c(CNCc2ccncc2)c1OCC(=O)Nc1ccc(C)cc1. The lowest BCUT2D eigenvalue weighted by Crippen LogP contribution is -2.21. The molecular formula is C23H24BrN3O3. The van der Waals surface area contributed by atoms with Crippen LogP contribution in [0.5, 0.6) is 11.5 Å². The Morgan fingerprint density at radius 1 is 1.03 bits per heavy atom. The third kappa shape index (κ3) is 6.05. The average Bonchev–Trinajstić information content (AvgIpc) is 2.76. The monoisotopic (exact) mass is 469 g/mol. The number of nitrogens with zero attached hydrogens (tertiary/aromatic N) is 1. The summed E-state index contributed by atoms with van der Waals surface area (Å²) in [5.41, 5.74) is 3.87. The van der Waals surface area contributed by atoms with E-state index in [4.69, 9.17) is 9.47 Å². The number of carbonyl (C=O) groups excluding carboxylic acids is 1. The molecular weight excluding hydrogens is 446 g/mol. The maximum atomic E-state index is 12.4. The van der Waals surface area contributed by atoms with Gasteiger partial charge in [0.2, 0.25) is 0 Å². The quantitative estimate of drug-likeness (QED) is 0.483. The number of nitrogens with one attached hydrogen (secondary N) is 2. The van der Waals surface area contributed by atoms with E-state index in [2.05, 4.69) is 31.5 Å². The van der Waals surface area contributed by atoms with Gasteiger partial charge in [0.25, 0.3) is 5.91 Å². The number of anilines is 1. The van der Waals surface area contributed by atoms with E-state index < -0.39 is 0 Å². The van der Waals surface area contributed by atoms with Gasteiger partial charge in [0, 0.05) is 41.2 Å². The van der Waals surface area contributed by atoms with Crippen molar-refractivity contribution in [3.8, 4) is 11.5 Å². The first-order chi connectivity index (χ1) is 14.6. The van der Waals surface area contributed by atoms with Gasteiger partial charge in [0.05, 0.1) is 7.11 Å². The maximum Gasteiger partial charge on any atom is 0.262 e. The fraction of sp³-hybridized carbons (Fsp3) is 0.217. The van der Waals surface area contributed by atoms with Gasteiger partial charge >= 0.3 is 0 Å². The molecule has 1 heterocycles. The Labute approximate surface area is 184 Å². The molecule has 0 saturated carbocycles. The van der Waals surface area contributed by atoms with Gasteiger partial charge in [-0.1, -0.05) is 33.6 Å². The Kier molecular flexibility index (Phi) is 7.82. The number of amides is 1. The molecule has 2 N–H and O–H groups in total. The van der Waals surface area contributed by atoms with E-state index in [1.54, 1.807) is 19.5 Å². The summed E-state index contributed by atoms with van der Waals surface area (Å²) in [6.07, 6.45) is 3.53. The number of benzene rings is 2. The van der Waals surface area contributed by atoms with Crippen molar-refractivity contribution in [3.05, 3.63) is 82.1 Å². The van der Waals surface area contributed by atoms with Gasteiger partial charge in [-0.2, -0.15) is 0 Å². The smallest absolute Gasteiger partial charge is 0.262 e. The van der Waals surface area contributed by atoms with Crippen LogP contribution in [0.1, 0.15) is 16.7 Å². The lowest BCUT2D eigenvalue weighted by Gasteiger charge is -2.17. The van der Waals surface area contributed by atoms with Gasteiger partial charge in [0.15, 0.2) is 18.1 Å². The largest absolute Gasteiger partial charge is 0.493 e. The Hall–Kier alpha value is -2.90. The Morgan fingerprint density at radius 2 is 1.77 bits per heavy atom. The second-order valence-electron chi connectivity index (χ2n) is 6.72. The molecule has 6 nitrogen and oxygen atoms in total. The number of aryl methyl sites for hydroxylation is 1. The van der Waals surface area contributed by atoms with Crippen LogP contribution in [0.3, 0.4) is 0 Å². The summed E-state index contributed by atoms with van der Waals surface area (Å²) < 4.78 is 12.2. The summed E-state index contributed by atoms with van der Waals surface area (Å²) in [4.78, 5) is 16.4. The van der Waals surface area contributed by atoms with Crippen LogP contribution in [0.4, 0.5) is 5.69 Å². The summed E-state index contributed by atoms with van der Waals surface area (Å²) >= 11 is 3.58. The van der Waals surface area contributed by atoms with Crippen LogP contribution >= 0.6 is 15.9 Å². The third-order valence-corrected chi connectivity index (χ3v) is 5.19. The zero-order valence-electron chi connectivity index (χ0n) is 16.9. The van der Waals surface area contributed by atoms with Crippen LogP contribution in [-0.4, -0.2) is 24.6 Å². The average molecular weight is 470 g/mol. The fourth-order valence-electron chi connectivity index (χ4n) is 2.87. The van der Waals surface area contributed by atoms with Gasteiger partial charge in [-0.15, -0.1) is 0 Å². The zero-order chi connectivity index (χ0) is 21.3. The first-order valence-corrected chi connectivity index (χ1v) is 10.3. The summed E-state index contributed by atoms with van der Waals surface area (Å²) in [5, 5.41) is 6.23. The number of hydrogen-bond acceptors (Lipinski definition) is 5. The van der Waals surface area contributed by atoms with Crippen molar-refractivity contribution in [1.82, 2.24) is 10.3 Å². The van der Waals surface area contributed by atoms with Gasteiger partial charge in [0.1, 0.15) is 0 Å². The highest BCUT2D eigenvalue weighted by Gasteiger charge is 2.16. The second kappa shape index (κ2) is 10.8. The van der Waals surface area contributed by atoms with Crippen molar-refractivity contribution in [2.45, 2.75) is 20.0 Å². The molecule has 0 aliphatic rings. The maximum absolute atomic E-state index is 12.4. The normalized spacial score (nSPS) is 10.5. The van der Waals surface area contributed by atoms with Gasteiger partial charge < -0.3 is 20.1 Å². The molecule has 0 aliphatic carbocycles. The third-order valence-electron chi connectivity index (χ3n) is 4.45. The first-order valence-electron chi connectivity index (χ1n) is 9.51.